The van der Waals surface area contributed by atoms with Crippen LogP contribution in [0, 0.1) is 5.41 Å². The molecule has 0 aliphatic heterocycles. The molecule has 1 aliphatic carbocycles. The number of hydrogen-bond donors (Lipinski definition) is 2. The van der Waals surface area contributed by atoms with Crippen LogP contribution in [0.1, 0.15) is 40.0 Å². The van der Waals surface area contributed by atoms with E-state index in [9.17, 15) is 4.79 Å². The van der Waals surface area contributed by atoms with E-state index >= 15 is 0 Å². The summed E-state index contributed by atoms with van der Waals surface area (Å²) in [4.78, 5) is 11.4. The summed E-state index contributed by atoms with van der Waals surface area (Å²) in [5, 5.41) is 6.28. The van der Waals surface area contributed by atoms with E-state index in [4.69, 9.17) is 0 Å². The molecular formula is C11H22N2O. The molecule has 14 heavy (non-hydrogen) atoms. The smallest absolute Gasteiger partial charge is 0.220 e. The second-order valence-corrected chi connectivity index (χ2v) is 5.32. The molecule has 0 saturated heterocycles. The van der Waals surface area contributed by atoms with Gasteiger partial charge in [0.1, 0.15) is 0 Å². The molecule has 0 aromatic heterocycles. The van der Waals surface area contributed by atoms with Crippen LogP contribution in [0.15, 0.2) is 0 Å². The predicted octanol–water partition coefficient (Wildman–Crippen LogP) is 1.29. The molecule has 0 aromatic carbocycles. The van der Waals surface area contributed by atoms with Gasteiger partial charge in [0.2, 0.25) is 5.91 Å². The van der Waals surface area contributed by atoms with Gasteiger partial charge in [-0.1, -0.05) is 20.8 Å². The molecule has 1 aliphatic rings. The molecule has 0 radical (unpaired) electrons. The third kappa shape index (κ3) is 5.97. The van der Waals surface area contributed by atoms with Crippen molar-refractivity contribution in [2.75, 3.05) is 13.1 Å². The molecular weight excluding hydrogens is 176 g/mol. The summed E-state index contributed by atoms with van der Waals surface area (Å²) in [5.41, 5.74) is 0.0913. The maximum Gasteiger partial charge on any atom is 0.220 e. The largest absolute Gasteiger partial charge is 0.355 e. The van der Waals surface area contributed by atoms with Crippen LogP contribution in [0.5, 0.6) is 0 Å². The van der Waals surface area contributed by atoms with E-state index in [1.165, 1.54) is 12.8 Å². The molecule has 82 valence electrons. The Morgan fingerprint density at radius 1 is 1.29 bits per heavy atom. The van der Waals surface area contributed by atoms with Gasteiger partial charge in [-0.05, 0) is 18.3 Å². The van der Waals surface area contributed by atoms with Crippen molar-refractivity contribution in [3.8, 4) is 0 Å². The molecule has 0 aromatic rings. The zero-order valence-corrected chi connectivity index (χ0v) is 9.52. The van der Waals surface area contributed by atoms with Gasteiger partial charge in [-0.3, -0.25) is 4.79 Å². The van der Waals surface area contributed by atoms with Crippen molar-refractivity contribution in [2.24, 2.45) is 5.41 Å². The number of carbonyl (C=O) groups excluding carboxylic acids is 1. The average molecular weight is 198 g/mol. The van der Waals surface area contributed by atoms with Crippen molar-refractivity contribution in [1.29, 1.82) is 0 Å². The Morgan fingerprint density at radius 2 is 1.93 bits per heavy atom. The SMILES string of the molecule is CC(C)(C)CC(=O)NCCNC1CC1. The van der Waals surface area contributed by atoms with Gasteiger partial charge in [0.15, 0.2) is 0 Å². The second kappa shape index (κ2) is 4.78. The predicted molar refractivity (Wildman–Crippen MR) is 58.1 cm³/mol. The number of amides is 1. The highest BCUT2D eigenvalue weighted by Gasteiger charge is 2.20. The minimum absolute atomic E-state index is 0.0913. The molecule has 3 heteroatoms. The maximum atomic E-state index is 11.4. The normalized spacial score (nSPS) is 16.8. The Balaban J connectivity index is 1.96. The van der Waals surface area contributed by atoms with Crippen molar-refractivity contribution in [1.82, 2.24) is 10.6 Å². The first-order valence-corrected chi connectivity index (χ1v) is 5.47. The summed E-state index contributed by atoms with van der Waals surface area (Å²) in [7, 11) is 0. The molecule has 0 unspecified atom stereocenters. The Labute approximate surface area is 86.6 Å². The van der Waals surface area contributed by atoms with Crippen molar-refractivity contribution in [3.63, 3.8) is 0 Å². The zero-order chi connectivity index (χ0) is 10.6. The Morgan fingerprint density at radius 3 is 2.43 bits per heavy atom. The van der Waals surface area contributed by atoms with E-state index in [-0.39, 0.29) is 11.3 Å². The van der Waals surface area contributed by atoms with Gasteiger partial charge in [-0.2, -0.15) is 0 Å². The van der Waals surface area contributed by atoms with Gasteiger partial charge in [-0.15, -0.1) is 0 Å². The Hall–Kier alpha value is -0.570. The summed E-state index contributed by atoms with van der Waals surface area (Å²) >= 11 is 0. The van der Waals surface area contributed by atoms with Crippen LogP contribution in [0.2, 0.25) is 0 Å². The highest BCUT2D eigenvalue weighted by atomic mass is 16.1. The van der Waals surface area contributed by atoms with E-state index in [0.717, 1.165) is 19.1 Å². The van der Waals surface area contributed by atoms with E-state index in [1.54, 1.807) is 0 Å². The van der Waals surface area contributed by atoms with Crippen molar-refractivity contribution in [3.05, 3.63) is 0 Å². The first kappa shape index (κ1) is 11.5. The van der Waals surface area contributed by atoms with Gasteiger partial charge in [0, 0.05) is 25.6 Å². The lowest BCUT2D eigenvalue weighted by atomic mass is 9.92. The number of hydrogen-bond acceptors (Lipinski definition) is 2. The lowest BCUT2D eigenvalue weighted by Crippen LogP contribution is -2.34. The molecule has 1 fully saturated rings. The highest BCUT2D eigenvalue weighted by molar-refractivity contribution is 5.76. The minimum Gasteiger partial charge on any atom is -0.355 e. The molecule has 2 N–H and O–H groups in total. The first-order chi connectivity index (χ1) is 6.47. The Kier molecular flexibility index (Phi) is 3.93. The number of nitrogens with one attached hydrogen (secondary N) is 2. The van der Waals surface area contributed by atoms with Crippen LogP contribution in [0.4, 0.5) is 0 Å². The van der Waals surface area contributed by atoms with Crippen LogP contribution in [-0.4, -0.2) is 25.0 Å². The molecule has 1 amide bonds. The molecule has 0 spiro atoms. The molecule has 0 atom stereocenters. The van der Waals surface area contributed by atoms with Crippen LogP contribution in [-0.2, 0) is 4.79 Å². The van der Waals surface area contributed by atoms with E-state index in [2.05, 4.69) is 31.4 Å². The van der Waals surface area contributed by atoms with Crippen LogP contribution < -0.4 is 10.6 Å². The standard InChI is InChI=1S/C11H22N2O/c1-11(2,3)8-10(14)13-7-6-12-9-4-5-9/h9,12H,4-8H2,1-3H3,(H,13,14). The molecule has 1 rings (SSSR count). The van der Waals surface area contributed by atoms with Crippen LogP contribution >= 0.6 is 0 Å². The van der Waals surface area contributed by atoms with Crippen molar-refractivity contribution in [2.45, 2.75) is 46.1 Å². The lowest BCUT2D eigenvalue weighted by molar-refractivity contribution is -0.122. The highest BCUT2D eigenvalue weighted by Crippen LogP contribution is 2.18. The summed E-state index contributed by atoms with van der Waals surface area (Å²) in [6.07, 6.45) is 3.21. The quantitative estimate of drug-likeness (QED) is 0.654. The van der Waals surface area contributed by atoms with Gasteiger partial charge in [0.05, 0.1) is 0 Å². The Bertz CT molecular complexity index is 192. The van der Waals surface area contributed by atoms with Crippen molar-refractivity contribution >= 4 is 5.91 Å². The van der Waals surface area contributed by atoms with Gasteiger partial charge in [0.25, 0.3) is 0 Å². The molecule has 3 nitrogen and oxygen atoms in total. The van der Waals surface area contributed by atoms with E-state index in [0.29, 0.717) is 6.42 Å². The fraction of sp³-hybridized carbons (Fsp3) is 0.909. The summed E-state index contributed by atoms with van der Waals surface area (Å²) in [5.74, 6) is 0.162. The lowest BCUT2D eigenvalue weighted by Gasteiger charge is -2.17. The summed E-state index contributed by atoms with van der Waals surface area (Å²) < 4.78 is 0. The van der Waals surface area contributed by atoms with Crippen LogP contribution in [0.3, 0.4) is 0 Å². The topological polar surface area (TPSA) is 41.1 Å². The summed E-state index contributed by atoms with van der Waals surface area (Å²) in [6, 6.07) is 0.731. The van der Waals surface area contributed by atoms with Crippen LogP contribution in [0.25, 0.3) is 0 Å². The molecule has 0 heterocycles. The number of carbonyl (C=O) groups is 1. The van der Waals surface area contributed by atoms with Gasteiger partial charge < -0.3 is 10.6 Å². The maximum absolute atomic E-state index is 11.4. The first-order valence-electron chi connectivity index (χ1n) is 5.47. The van der Waals surface area contributed by atoms with Gasteiger partial charge in [-0.25, -0.2) is 0 Å². The minimum atomic E-state index is 0.0913. The molecule has 0 bridgehead atoms. The summed E-state index contributed by atoms with van der Waals surface area (Å²) in [6.45, 7) is 7.89. The second-order valence-electron chi connectivity index (χ2n) is 5.32. The zero-order valence-electron chi connectivity index (χ0n) is 9.52. The average Bonchev–Trinajstić information content (AvgIpc) is 2.77. The number of rotatable bonds is 5. The van der Waals surface area contributed by atoms with E-state index < -0.39 is 0 Å². The fourth-order valence-electron chi connectivity index (χ4n) is 1.31. The fourth-order valence-corrected chi connectivity index (χ4v) is 1.31. The van der Waals surface area contributed by atoms with E-state index in [1.807, 2.05) is 0 Å². The third-order valence-electron chi connectivity index (χ3n) is 2.15. The van der Waals surface area contributed by atoms with Gasteiger partial charge >= 0.3 is 0 Å². The third-order valence-corrected chi connectivity index (χ3v) is 2.15. The monoisotopic (exact) mass is 198 g/mol. The van der Waals surface area contributed by atoms with Crippen molar-refractivity contribution < 1.29 is 4.79 Å². The molecule has 1 saturated carbocycles.